The molecule has 0 spiro atoms. The van der Waals surface area contributed by atoms with Crippen LogP contribution in [0.15, 0.2) is 37.0 Å². The number of aromatic nitrogens is 1. The van der Waals surface area contributed by atoms with Crippen molar-refractivity contribution < 1.29 is 0 Å². The Balaban J connectivity index is 2.71. The van der Waals surface area contributed by atoms with Crippen molar-refractivity contribution in [2.75, 3.05) is 0 Å². The van der Waals surface area contributed by atoms with Gasteiger partial charge in [-0.3, -0.25) is 0 Å². The topological polar surface area (TPSA) is 4.93 Å². The number of hydrogen-bond donors (Lipinski definition) is 0. The van der Waals surface area contributed by atoms with Crippen LogP contribution in [0.1, 0.15) is 12.5 Å². The molecule has 13 heavy (non-hydrogen) atoms. The Bertz CT molecular complexity index is 437. The van der Waals surface area contributed by atoms with Gasteiger partial charge in [0, 0.05) is 18.3 Å². The predicted octanol–water partition coefficient (Wildman–Crippen LogP) is 3.30. The summed E-state index contributed by atoms with van der Waals surface area (Å²) >= 11 is 0. The highest BCUT2D eigenvalue weighted by molar-refractivity contribution is 5.82. The first-order valence-corrected chi connectivity index (χ1v) is 4.56. The van der Waals surface area contributed by atoms with Crippen molar-refractivity contribution in [1.29, 1.82) is 0 Å². The van der Waals surface area contributed by atoms with Gasteiger partial charge in [-0.15, -0.1) is 0 Å². The summed E-state index contributed by atoms with van der Waals surface area (Å²) in [6, 6.07) is 8.55. The average molecular weight is 171 g/mol. The molecule has 0 radical (unpaired) electrons. The second-order valence-electron chi connectivity index (χ2n) is 3.12. The zero-order valence-electron chi connectivity index (χ0n) is 7.83. The molecule has 0 aliphatic carbocycles. The van der Waals surface area contributed by atoms with Gasteiger partial charge in [0.25, 0.3) is 0 Å². The molecule has 0 unspecified atom stereocenters. The molecule has 2 aromatic rings. The molecule has 0 saturated heterocycles. The van der Waals surface area contributed by atoms with E-state index in [4.69, 9.17) is 0 Å². The van der Waals surface area contributed by atoms with Crippen LogP contribution in [0.5, 0.6) is 0 Å². The Labute approximate surface area is 78.3 Å². The van der Waals surface area contributed by atoms with E-state index in [9.17, 15) is 0 Å². The molecule has 0 saturated carbocycles. The van der Waals surface area contributed by atoms with Gasteiger partial charge in [0.05, 0.1) is 0 Å². The molecule has 0 amide bonds. The summed E-state index contributed by atoms with van der Waals surface area (Å²) < 4.78 is 2.24. The van der Waals surface area contributed by atoms with E-state index in [0.717, 1.165) is 6.54 Å². The Morgan fingerprint density at radius 3 is 2.92 bits per heavy atom. The highest BCUT2D eigenvalue weighted by atomic mass is 14.9. The van der Waals surface area contributed by atoms with Crippen LogP contribution in [-0.2, 0) is 6.54 Å². The molecule has 0 N–H and O–H groups in total. The standard InChI is InChI=1S/C12H13N/c1-3-10-5-6-11-7-8-13(4-2)12(11)9-10/h3,5-9H,1,4H2,2H3. The van der Waals surface area contributed by atoms with Gasteiger partial charge in [0.1, 0.15) is 0 Å². The van der Waals surface area contributed by atoms with E-state index in [-0.39, 0.29) is 0 Å². The normalized spacial score (nSPS) is 10.5. The fraction of sp³-hybridized carbons (Fsp3) is 0.167. The lowest BCUT2D eigenvalue weighted by Crippen LogP contribution is -1.90. The van der Waals surface area contributed by atoms with Crippen LogP contribution in [0.3, 0.4) is 0 Å². The van der Waals surface area contributed by atoms with Crippen LogP contribution in [-0.4, -0.2) is 4.57 Å². The van der Waals surface area contributed by atoms with E-state index in [1.54, 1.807) is 0 Å². The quantitative estimate of drug-likeness (QED) is 0.653. The first-order valence-electron chi connectivity index (χ1n) is 4.56. The fourth-order valence-electron chi connectivity index (χ4n) is 1.60. The van der Waals surface area contributed by atoms with Crippen molar-refractivity contribution in [3.8, 4) is 0 Å². The van der Waals surface area contributed by atoms with Gasteiger partial charge in [0.15, 0.2) is 0 Å². The van der Waals surface area contributed by atoms with Gasteiger partial charge >= 0.3 is 0 Å². The van der Waals surface area contributed by atoms with Gasteiger partial charge < -0.3 is 4.57 Å². The van der Waals surface area contributed by atoms with Crippen LogP contribution < -0.4 is 0 Å². The number of fused-ring (bicyclic) bond motifs is 1. The molecule has 0 aliphatic rings. The van der Waals surface area contributed by atoms with E-state index in [0.29, 0.717) is 0 Å². The molecule has 2 rings (SSSR count). The van der Waals surface area contributed by atoms with E-state index in [1.165, 1.54) is 16.5 Å². The molecule has 1 aromatic heterocycles. The second-order valence-corrected chi connectivity index (χ2v) is 3.12. The summed E-state index contributed by atoms with van der Waals surface area (Å²) in [6.07, 6.45) is 4.00. The number of nitrogens with zero attached hydrogens (tertiary/aromatic N) is 1. The Hall–Kier alpha value is -1.50. The van der Waals surface area contributed by atoms with Crippen LogP contribution in [0, 0.1) is 0 Å². The average Bonchev–Trinajstić information content (AvgIpc) is 2.59. The molecular weight excluding hydrogens is 158 g/mol. The second kappa shape index (κ2) is 3.09. The molecule has 1 heteroatoms. The summed E-state index contributed by atoms with van der Waals surface area (Å²) in [5, 5.41) is 1.30. The van der Waals surface area contributed by atoms with Gasteiger partial charge in [-0.05, 0) is 30.0 Å². The lowest BCUT2D eigenvalue weighted by atomic mass is 10.1. The molecule has 66 valence electrons. The van der Waals surface area contributed by atoms with Gasteiger partial charge in [-0.1, -0.05) is 24.8 Å². The third-order valence-corrected chi connectivity index (χ3v) is 2.37. The Kier molecular flexibility index (Phi) is 1.93. The van der Waals surface area contributed by atoms with Crippen molar-refractivity contribution >= 4 is 17.0 Å². The van der Waals surface area contributed by atoms with Gasteiger partial charge in [0.2, 0.25) is 0 Å². The number of rotatable bonds is 2. The first-order chi connectivity index (χ1) is 6.35. The molecule has 1 aromatic carbocycles. The van der Waals surface area contributed by atoms with Crippen LogP contribution >= 0.6 is 0 Å². The smallest absolute Gasteiger partial charge is 0.0486 e. The van der Waals surface area contributed by atoms with Crippen molar-refractivity contribution in [3.05, 3.63) is 42.6 Å². The minimum atomic E-state index is 1.02. The SMILES string of the molecule is C=Cc1ccc2ccn(CC)c2c1. The monoisotopic (exact) mass is 171 g/mol. The zero-order valence-corrected chi connectivity index (χ0v) is 7.83. The van der Waals surface area contributed by atoms with E-state index in [1.807, 2.05) is 6.08 Å². The Morgan fingerprint density at radius 1 is 1.38 bits per heavy atom. The van der Waals surface area contributed by atoms with E-state index >= 15 is 0 Å². The number of benzene rings is 1. The van der Waals surface area contributed by atoms with Crippen molar-refractivity contribution in [3.63, 3.8) is 0 Å². The Morgan fingerprint density at radius 2 is 2.23 bits per heavy atom. The number of aryl methyl sites for hydroxylation is 1. The number of hydrogen-bond acceptors (Lipinski definition) is 0. The van der Waals surface area contributed by atoms with Crippen LogP contribution in [0.2, 0.25) is 0 Å². The molecule has 0 bridgehead atoms. The lowest BCUT2D eigenvalue weighted by Gasteiger charge is -2.00. The summed E-state index contributed by atoms with van der Waals surface area (Å²) in [5.41, 5.74) is 2.47. The largest absolute Gasteiger partial charge is 0.348 e. The molecule has 0 aliphatic heterocycles. The van der Waals surface area contributed by atoms with Crippen LogP contribution in [0.4, 0.5) is 0 Å². The van der Waals surface area contributed by atoms with Crippen LogP contribution in [0.25, 0.3) is 17.0 Å². The molecule has 0 fully saturated rings. The van der Waals surface area contributed by atoms with Gasteiger partial charge in [-0.25, -0.2) is 0 Å². The first kappa shape index (κ1) is 8.11. The predicted molar refractivity (Wildman–Crippen MR) is 57.7 cm³/mol. The van der Waals surface area contributed by atoms with Crippen molar-refractivity contribution in [2.45, 2.75) is 13.5 Å². The molecule has 1 heterocycles. The maximum atomic E-state index is 3.77. The van der Waals surface area contributed by atoms with Crippen molar-refractivity contribution in [2.24, 2.45) is 0 Å². The minimum absolute atomic E-state index is 1.02. The van der Waals surface area contributed by atoms with E-state index in [2.05, 4.69) is 48.5 Å². The third kappa shape index (κ3) is 1.26. The van der Waals surface area contributed by atoms with Crippen molar-refractivity contribution in [1.82, 2.24) is 4.57 Å². The molecule has 0 atom stereocenters. The van der Waals surface area contributed by atoms with Gasteiger partial charge in [-0.2, -0.15) is 0 Å². The fourth-order valence-corrected chi connectivity index (χ4v) is 1.60. The highest BCUT2D eigenvalue weighted by Gasteiger charge is 1.98. The maximum absolute atomic E-state index is 3.77. The minimum Gasteiger partial charge on any atom is -0.348 e. The summed E-state index contributed by atoms with van der Waals surface area (Å²) in [7, 11) is 0. The summed E-state index contributed by atoms with van der Waals surface area (Å²) in [6.45, 7) is 6.94. The molecular formula is C12H13N. The highest BCUT2D eigenvalue weighted by Crippen LogP contribution is 2.17. The van der Waals surface area contributed by atoms with E-state index < -0.39 is 0 Å². The summed E-state index contributed by atoms with van der Waals surface area (Å²) in [5.74, 6) is 0. The zero-order chi connectivity index (χ0) is 9.26. The molecule has 1 nitrogen and oxygen atoms in total. The maximum Gasteiger partial charge on any atom is 0.0486 e. The summed E-state index contributed by atoms with van der Waals surface area (Å²) in [4.78, 5) is 0. The third-order valence-electron chi connectivity index (χ3n) is 2.37. The lowest BCUT2D eigenvalue weighted by molar-refractivity contribution is 0.797.